The molecule has 1 saturated carbocycles. The lowest BCUT2D eigenvalue weighted by molar-refractivity contribution is 0.0506. The monoisotopic (exact) mass is 514 g/mol. The molecule has 0 aliphatic heterocycles. The van der Waals surface area contributed by atoms with E-state index >= 15 is 0 Å². The van der Waals surface area contributed by atoms with Crippen LogP contribution >= 0.6 is 0 Å². The van der Waals surface area contributed by atoms with Crippen molar-refractivity contribution in [1.82, 2.24) is 15.2 Å². The summed E-state index contributed by atoms with van der Waals surface area (Å²) in [5.74, 6) is -2.55. The smallest absolute Gasteiger partial charge is 0.416 e. The molecule has 3 aromatic rings. The third-order valence-corrected chi connectivity index (χ3v) is 5.98. The summed E-state index contributed by atoms with van der Waals surface area (Å²) in [7, 11) is 0. The second kappa shape index (κ2) is 9.79. The summed E-state index contributed by atoms with van der Waals surface area (Å²) in [4.78, 5) is 29.7. The molecule has 194 valence electrons. The molecule has 1 amide bonds. The Kier molecular flexibility index (Phi) is 6.90. The van der Waals surface area contributed by atoms with Gasteiger partial charge in [0, 0.05) is 23.7 Å². The summed E-state index contributed by atoms with van der Waals surface area (Å²) >= 11 is 0. The zero-order chi connectivity index (χ0) is 27.0. The third-order valence-electron chi connectivity index (χ3n) is 5.98. The van der Waals surface area contributed by atoms with Crippen molar-refractivity contribution < 1.29 is 32.6 Å². The number of benzene rings is 1. The van der Waals surface area contributed by atoms with Crippen LogP contribution in [0.25, 0.3) is 11.3 Å². The highest BCUT2D eigenvalue weighted by Gasteiger charge is 2.51. The first-order valence-electron chi connectivity index (χ1n) is 11.5. The second-order valence-corrected chi connectivity index (χ2v) is 9.96. The number of pyridine rings is 1. The Labute approximate surface area is 211 Å². The van der Waals surface area contributed by atoms with Crippen LogP contribution in [0.4, 0.5) is 23.8 Å². The summed E-state index contributed by atoms with van der Waals surface area (Å²) in [5, 5.41) is 17.3. The first kappa shape index (κ1) is 26.1. The van der Waals surface area contributed by atoms with Gasteiger partial charge in [0.05, 0.1) is 17.0 Å². The highest BCUT2D eigenvalue weighted by Crippen LogP contribution is 2.46. The van der Waals surface area contributed by atoms with E-state index in [1.165, 1.54) is 30.5 Å². The van der Waals surface area contributed by atoms with E-state index in [-0.39, 0.29) is 47.7 Å². The maximum Gasteiger partial charge on any atom is 0.416 e. The molecule has 2 heterocycles. The Bertz CT molecular complexity index is 1320. The van der Waals surface area contributed by atoms with Gasteiger partial charge in [-0.2, -0.15) is 0 Å². The summed E-state index contributed by atoms with van der Waals surface area (Å²) in [6.45, 7) is 4.83. The van der Waals surface area contributed by atoms with Crippen molar-refractivity contribution in [2.75, 3.05) is 11.4 Å². The fourth-order valence-corrected chi connectivity index (χ4v) is 4.29. The van der Waals surface area contributed by atoms with Gasteiger partial charge in [0.15, 0.2) is 5.82 Å². The molecule has 4 rings (SSSR count). The number of aromatic carboxylic acids is 1. The minimum atomic E-state index is -1.24. The zero-order valence-corrected chi connectivity index (χ0v) is 20.4. The Morgan fingerprint density at radius 2 is 1.84 bits per heavy atom. The van der Waals surface area contributed by atoms with Crippen molar-refractivity contribution in [2.45, 2.75) is 50.8 Å². The van der Waals surface area contributed by atoms with Crippen LogP contribution in [0.2, 0.25) is 0 Å². The quantitative estimate of drug-likeness (QED) is 0.474. The average Bonchev–Trinajstić information content (AvgIpc) is 2.80. The van der Waals surface area contributed by atoms with E-state index in [1.807, 2.05) is 0 Å². The normalized spacial score (nSPS) is 19.1. The Hall–Kier alpha value is -4.02. The first-order valence-corrected chi connectivity index (χ1v) is 11.5. The molecule has 1 aromatic carbocycles. The van der Waals surface area contributed by atoms with Crippen LogP contribution in [0.3, 0.4) is 0 Å². The molecule has 37 heavy (non-hydrogen) atoms. The predicted molar refractivity (Wildman–Crippen MR) is 128 cm³/mol. The number of anilines is 1. The van der Waals surface area contributed by atoms with Crippen LogP contribution in [-0.2, 0) is 10.2 Å². The molecule has 0 radical (unpaired) electrons. The van der Waals surface area contributed by atoms with Gasteiger partial charge in [-0.1, -0.05) is 0 Å². The van der Waals surface area contributed by atoms with Crippen LogP contribution in [0.15, 0.2) is 48.7 Å². The summed E-state index contributed by atoms with van der Waals surface area (Å²) in [5.41, 5.74) is -2.16. The van der Waals surface area contributed by atoms with Gasteiger partial charge in [0.2, 0.25) is 0 Å². The van der Waals surface area contributed by atoms with Crippen molar-refractivity contribution in [1.29, 1.82) is 0 Å². The average molecular weight is 515 g/mol. The predicted octanol–water partition coefficient (Wildman–Crippen LogP) is 5.33. The number of hydrogen-bond acceptors (Lipinski definition) is 6. The lowest BCUT2D eigenvalue weighted by atomic mass is 9.64. The number of carboxylic acid groups (broad SMARTS) is 1. The molecule has 0 atom stereocenters. The van der Waals surface area contributed by atoms with Gasteiger partial charge < -0.3 is 9.84 Å². The van der Waals surface area contributed by atoms with E-state index in [2.05, 4.69) is 15.2 Å². The Morgan fingerprint density at radius 3 is 2.41 bits per heavy atom. The molecule has 0 saturated heterocycles. The van der Waals surface area contributed by atoms with Gasteiger partial charge in [-0.25, -0.2) is 22.8 Å². The van der Waals surface area contributed by atoms with E-state index in [0.29, 0.717) is 0 Å². The van der Waals surface area contributed by atoms with Crippen LogP contribution < -0.4 is 4.90 Å². The topological polar surface area (TPSA) is 106 Å². The highest BCUT2D eigenvalue weighted by atomic mass is 19.1. The summed E-state index contributed by atoms with van der Waals surface area (Å²) in [6.07, 6.45) is -0.720. The number of amides is 1. The number of nitrogens with zero attached hydrogens (tertiary/aromatic N) is 4. The van der Waals surface area contributed by atoms with Crippen LogP contribution in [-0.4, -0.2) is 50.7 Å². The van der Waals surface area contributed by atoms with Gasteiger partial charge in [-0.3, -0.25) is 9.88 Å². The van der Waals surface area contributed by atoms with E-state index < -0.39 is 40.9 Å². The Balaban J connectivity index is 1.72. The number of halogens is 3. The van der Waals surface area contributed by atoms with Crippen molar-refractivity contribution in [3.63, 3.8) is 0 Å². The number of aromatic nitrogens is 3. The van der Waals surface area contributed by atoms with Gasteiger partial charge >= 0.3 is 12.1 Å². The number of alkyl halides is 1. The number of carboxylic acids is 1. The van der Waals surface area contributed by atoms with Crippen LogP contribution in [0.1, 0.15) is 49.7 Å². The van der Waals surface area contributed by atoms with Crippen molar-refractivity contribution >= 4 is 17.9 Å². The maximum absolute atomic E-state index is 14.7. The number of carbonyl (C=O) groups is 2. The van der Waals surface area contributed by atoms with Crippen LogP contribution in [0.5, 0.6) is 0 Å². The molecule has 1 aliphatic rings. The van der Waals surface area contributed by atoms with Gasteiger partial charge in [0.25, 0.3) is 0 Å². The maximum atomic E-state index is 14.7. The van der Waals surface area contributed by atoms with Crippen molar-refractivity contribution in [3.8, 4) is 11.3 Å². The molecule has 1 fully saturated rings. The SMILES string of the molecule is CC(C)(C)OC(=O)N(CC1(c2ncccc2F)CC(F)C1)c1ccc(-c2cc(C(=O)O)ccc2F)nn1. The van der Waals surface area contributed by atoms with E-state index in [9.17, 15) is 27.9 Å². The van der Waals surface area contributed by atoms with Crippen molar-refractivity contribution in [3.05, 3.63) is 71.6 Å². The highest BCUT2D eigenvalue weighted by molar-refractivity contribution is 5.89. The van der Waals surface area contributed by atoms with Gasteiger partial charge in [-0.15, -0.1) is 10.2 Å². The fourth-order valence-electron chi connectivity index (χ4n) is 4.29. The minimum absolute atomic E-state index is 0.00539. The zero-order valence-electron chi connectivity index (χ0n) is 20.4. The second-order valence-electron chi connectivity index (χ2n) is 9.96. The molecular formula is C26H25F3N4O4. The molecule has 0 unspecified atom stereocenters. The molecule has 1 aliphatic carbocycles. The lowest BCUT2D eigenvalue weighted by Gasteiger charge is -2.46. The minimum Gasteiger partial charge on any atom is -0.478 e. The largest absolute Gasteiger partial charge is 0.478 e. The number of carbonyl (C=O) groups excluding carboxylic acids is 1. The Morgan fingerprint density at radius 1 is 1.11 bits per heavy atom. The van der Waals surface area contributed by atoms with E-state index in [4.69, 9.17) is 4.74 Å². The number of hydrogen-bond donors (Lipinski definition) is 1. The van der Waals surface area contributed by atoms with Gasteiger partial charge in [-0.05, 0) is 76.1 Å². The molecule has 0 bridgehead atoms. The first-order chi connectivity index (χ1) is 17.4. The molecule has 2 aromatic heterocycles. The molecule has 0 spiro atoms. The standard InChI is InChI=1S/C26H25F3N4O4/c1-25(2,3)37-24(36)33(14-26(12-16(27)13-26)22-19(29)5-4-10-30-22)21-9-8-20(31-32-21)17-11-15(23(34)35)6-7-18(17)28/h4-11,16H,12-14H2,1-3H3,(H,34,35). The van der Waals surface area contributed by atoms with Crippen LogP contribution in [0, 0.1) is 11.6 Å². The number of rotatable bonds is 6. The molecular weight excluding hydrogens is 489 g/mol. The summed E-state index contributed by atoms with van der Waals surface area (Å²) in [6, 6.07) is 8.66. The van der Waals surface area contributed by atoms with Gasteiger partial charge in [0.1, 0.15) is 23.4 Å². The summed E-state index contributed by atoms with van der Waals surface area (Å²) < 4.78 is 48.8. The molecule has 1 N–H and O–H groups in total. The lowest BCUT2D eigenvalue weighted by Crippen LogP contribution is -2.54. The van der Waals surface area contributed by atoms with E-state index in [0.717, 1.165) is 23.1 Å². The number of ether oxygens (including phenoxy) is 1. The fraction of sp³-hybridized carbons (Fsp3) is 0.346. The molecule has 8 nitrogen and oxygen atoms in total. The third kappa shape index (κ3) is 5.55. The molecule has 11 heteroatoms. The van der Waals surface area contributed by atoms with E-state index in [1.54, 1.807) is 20.8 Å². The van der Waals surface area contributed by atoms with Crippen molar-refractivity contribution in [2.24, 2.45) is 0 Å².